The minimum atomic E-state index is -0.400. The molecule has 0 bridgehead atoms. The zero-order chi connectivity index (χ0) is 23.6. The van der Waals surface area contributed by atoms with Gasteiger partial charge in [-0.15, -0.1) is 0 Å². The lowest BCUT2D eigenvalue weighted by atomic mass is 10.1. The molecular weight excluding hydrogens is 402 g/mol. The summed E-state index contributed by atoms with van der Waals surface area (Å²) in [6.07, 6.45) is 1.38. The summed E-state index contributed by atoms with van der Waals surface area (Å²) in [5.41, 5.74) is 0. The molecule has 0 atom stereocenters. The quantitative estimate of drug-likeness (QED) is 0.275. The molecule has 0 aliphatic carbocycles. The van der Waals surface area contributed by atoms with E-state index in [9.17, 15) is 14.4 Å². The average Bonchev–Trinajstić information content (AvgIpc) is 2.64. The van der Waals surface area contributed by atoms with Gasteiger partial charge in [-0.2, -0.15) is 0 Å². The minimum Gasteiger partial charge on any atom is -0.379 e. The number of carbonyl (C=O) groups is 3. The Morgan fingerprint density at radius 3 is 1.55 bits per heavy atom. The van der Waals surface area contributed by atoms with Gasteiger partial charge in [0.05, 0.1) is 32.5 Å². The predicted octanol–water partition coefficient (Wildman–Crippen LogP) is 1.40. The van der Waals surface area contributed by atoms with Crippen LogP contribution in [0.5, 0.6) is 0 Å². The lowest BCUT2D eigenvalue weighted by Gasteiger charge is -2.19. The van der Waals surface area contributed by atoms with Crippen LogP contribution in [0.25, 0.3) is 0 Å². The summed E-state index contributed by atoms with van der Waals surface area (Å²) in [5, 5.41) is 8.43. The third kappa shape index (κ3) is 20.0. The summed E-state index contributed by atoms with van der Waals surface area (Å²) in [4.78, 5) is 35.5. The number of carbonyl (C=O) groups excluding carboxylic acids is 3. The Kier molecular flexibility index (Phi) is 16.9. The molecule has 0 fully saturated rings. The monoisotopic (exact) mass is 445 g/mol. The molecule has 0 heterocycles. The van der Waals surface area contributed by atoms with Gasteiger partial charge in [0.15, 0.2) is 0 Å². The van der Waals surface area contributed by atoms with Crippen molar-refractivity contribution in [2.75, 3.05) is 39.6 Å². The number of rotatable bonds is 18. The minimum absolute atomic E-state index is 0.0309. The van der Waals surface area contributed by atoms with Crippen molar-refractivity contribution in [3.63, 3.8) is 0 Å². The molecule has 3 amide bonds. The summed E-state index contributed by atoms with van der Waals surface area (Å²) in [7, 11) is 0. The predicted molar refractivity (Wildman–Crippen MR) is 120 cm³/mol. The first-order valence-corrected chi connectivity index (χ1v) is 11.2. The topological polar surface area (TPSA) is 115 Å². The molecule has 0 aliphatic rings. The lowest BCUT2D eigenvalue weighted by Crippen LogP contribution is -2.43. The Bertz CT molecular complexity index is 481. The number of hydrogen-bond donors (Lipinski definition) is 3. The number of hydrogen-bond acceptors (Lipinski definition) is 6. The highest BCUT2D eigenvalue weighted by atomic mass is 16.5. The molecule has 0 aliphatic heterocycles. The fourth-order valence-electron chi connectivity index (χ4n) is 2.45. The maximum absolute atomic E-state index is 12.1. The van der Waals surface area contributed by atoms with E-state index in [1.165, 1.54) is 0 Å². The van der Waals surface area contributed by atoms with Gasteiger partial charge < -0.3 is 30.2 Å². The van der Waals surface area contributed by atoms with Crippen LogP contribution in [-0.2, 0) is 28.6 Å². The van der Waals surface area contributed by atoms with E-state index in [-0.39, 0.29) is 75.7 Å². The zero-order valence-electron chi connectivity index (χ0n) is 20.1. The summed E-state index contributed by atoms with van der Waals surface area (Å²) < 4.78 is 16.5. The highest BCUT2D eigenvalue weighted by Gasteiger charge is 2.14. The van der Waals surface area contributed by atoms with Crippen LogP contribution in [0.1, 0.15) is 60.8 Å². The fourth-order valence-corrected chi connectivity index (χ4v) is 2.45. The van der Waals surface area contributed by atoms with Crippen molar-refractivity contribution in [1.29, 1.82) is 0 Å². The largest absolute Gasteiger partial charge is 0.379 e. The van der Waals surface area contributed by atoms with E-state index in [4.69, 9.17) is 14.2 Å². The summed E-state index contributed by atoms with van der Waals surface area (Å²) in [6.45, 7) is 13.1. The van der Waals surface area contributed by atoms with Crippen molar-refractivity contribution >= 4 is 17.7 Å². The van der Waals surface area contributed by atoms with Crippen molar-refractivity contribution < 1.29 is 28.6 Å². The van der Waals surface area contributed by atoms with Gasteiger partial charge in [0, 0.05) is 31.5 Å². The third-order valence-electron chi connectivity index (χ3n) is 3.92. The second kappa shape index (κ2) is 17.9. The molecular formula is C22H43N3O6. The normalized spacial score (nSPS) is 11.4. The van der Waals surface area contributed by atoms with E-state index in [2.05, 4.69) is 29.8 Å². The smallest absolute Gasteiger partial charge is 0.246 e. The van der Waals surface area contributed by atoms with Crippen molar-refractivity contribution in [1.82, 2.24) is 16.0 Å². The van der Waals surface area contributed by atoms with E-state index in [1.54, 1.807) is 0 Å². The average molecular weight is 446 g/mol. The molecule has 0 radical (unpaired) electrons. The molecule has 0 saturated heterocycles. The van der Waals surface area contributed by atoms with Gasteiger partial charge in [-0.25, -0.2) is 0 Å². The summed E-state index contributed by atoms with van der Waals surface area (Å²) in [5.74, 6) is 0.0950. The van der Waals surface area contributed by atoms with Gasteiger partial charge >= 0.3 is 0 Å². The molecule has 182 valence electrons. The van der Waals surface area contributed by atoms with Crippen LogP contribution in [0.2, 0.25) is 0 Å². The SMILES string of the molecule is CC(C)CCOCC(=O)NC(COCCC(=O)NC(C)C)COCCC(=O)NC(C)C. The Labute approximate surface area is 187 Å². The maximum Gasteiger partial charge on any atom is 0.246 e. The molecule has 3 N–H and O–H groups in total. The van der Waals surface area contributed by atoms with Gasteiger partial charge in [-0.3, -0.25) is 14.4 Å². The second-order valence-corrected chi connectivity index (χ2v) is 8.59. The molecule has 0 aromatic rings. The van der Waals surface area contributed by atoms with Crippen LogP contribution in [0.3, 0.4) is 0 Å². The van der Waals surface area contributed by atoms with E-state index >= 15 is 0 Å². The van der Waals surface area contributed by atoms with E-state index in [0.717, 1.165) is 6.42 Å². The van der Waals surface area contributed by atoms with Crippen molar-refractivity contribution in [2.45, 2.75) is 78.9 Å². The van der Waals surface area contributed by atoms with Crippen LogP contribution in [0.4, 0.5) is 0 Å². The van der Waals surface area contributed by atoms with Gasteiger partial charge in [-0.1, -0.05) is 13.8 Å². The van der Waals surface area contributed by atoms with Crippen LogP contribution in [0, 0.1) is 5.92 Å². The van der Waals surface area contributed by atoms with Crippen LogP contribution in [-0.4, -0.2) is 75.5 Å². The number of amides is 3. The molecule has 0 unspecified atom stereocenters. The first-order valence-electron chi connectivity index (χ1n) is 11.2. The van der Waals surface area contributed by atoms with E-state index in [0.29, 0.717) is 12.5 Å². The summed E-state index contributed by atoms with van der Waals surface area (Å²) >= 11 is 0. The standard InChI is InChI=1S/C22H43N3O6/c1-16(2)7-10-31-15-22(28)25-19(13-29-11-8-20(26)23-17(3)4)14-30-12-9-21(27)24-18(5)6/h16-19H,7-15H2,1-6H3,(H,23,26)(H,24,27)(H,25,28). The summed E-state index contributed by atoms with van der Waals surface area (Å²) in [6, 6.07) is -0.240. The van der Waals surface area contributed by atoms with Crippen molar-refractivity contribution in [3.8, 4) is 0 Å². The Morgan fingerprint density at radius 2 is 1.13 bits per heavy atom. The Balaban J connectivity index is 4.35. The van der Waals surface area contributed by atoms with Crippen LogP contribution in [0.15, 0.2) is 0 Å². The first kappa shape index (κ1) is 29.3. The lowest BCUT2D eigenvalue weighted by molar-refractivity contribution is -0.128. The fraction of sp³-hybridized carbons (Fsp3) is 0.864. The van der Waals surface area contributed by atoms with E-state index < -0.39 is 6.04 Å². The molecule has 0 aromatic heterocycles. The van der Waals surface area contributed by atoms with E-state index in [1.807, 2.05) is 27.7 Å². The second-order valence-electron chi connectivity index (χ2n) is 8.59. The van der Waals surface area contributed by atoms with Crippen molar-refractivity contribution in [3.05, 3.63) is 0 Å². The highest BCUT2D eigenvalue weighted by Crippen LogP contribution is 1.99. The maximum atomic E-state index is 12.1. The molecule has 9 nitrogen and oxygen atoms in total. The Morgan fingerprint density at radius 1 is 0.645 bits per heavy atom. The molecule has 0 rings (SSSR count). The number of ether oxygens (including phenoxy) is 3. The Hall–Kier alpha value is -1.71. The molecule has 31 heavy (non-hydrogen) atoms. The van der Waals surface area contributed by atoms with Gasteiger partial charge in [-0.05, 0) is 40.0 Å². The van der Waals surface area contributed by atoms with Gasteiger partial charge in [0.25, 0.3) is 0 Å². The van der Waals surface area contributed by atoms with Gasteiger partial charge in [0.1, 0.15) is 6.61 Å². The highest BCUT2D eigenvalue weighted by molar-refractivity contribution is 5.77. The molecule has 0 saturated carbocycles. The molecule has 9 heteroatoms. The van der Waals surface area contributed by atoms with Crippen LogP contribution >= 0.6 is 0 Å². The van der Waals surface area contributed by atoms with Crippen LogP contribution < -0.4 is 16.0 Å². The molecule has 0 spiro atoms. The molecule has 0 aromatic carbocycles. The third-order valence-corrected chi connectivity index (χ3v) is 3.92. The number of nitrogens with one attached hydrogen (secondary N) is 3. The first-order chi connectivity index (χ1) is 14.6. The zero-order valence-corrected chi connectivity index (χ0v) is 20.1. The van der Waals surface area contributed by atoms with Gasteiger partial charge in [0.2, 0.25) is 17.7 Å². The van der Waals surface area contributed by atoms with Crippen molar-refractivity contribution in [2.24, 2.45) is 5.92 Å².